The molecule has 0 saturated carbocycles. The topological polar surface area (TPSA) is 40.5 Å². The normalized spacial score (nSPS) is 21.1. The van der Waals surface area contributed by atoms with Crippen molar-refractivity contribution in [2.24, 2.45) is 5.92 Å². The molecule has 0 aromatic heterocycles. The Bertz CT molecular complexity index is 464. The summed E-state index contributed by atoms with van der Waals surface area (Å²) in [6.07, 6.45) is 0.427. The second kappa shape index (κ2) is 5.52. The van der Waals surface area contributed by atoms with Crippen molar-refractivity contribution in [1.29, 1.82) is 0 Å². The molecule has 1 amide bonds. The number of benzene rings is 1. The lowest BCUT2D eigenvalue weighted by Gasteiger charge is -2.18. The van der Waals surface area contributed by atoms with Gasteiger partial charge in [0.25, 0.3) is 5.91 Å². The Hall–Kier alpha value is -0.690. The van der Waals surface area contributed by atoms with Crippen LogP contribution >= 0.6 is 22.6 Å². The van der Waals surface area contributed by atoms with Gasteiger partial charge in [0.15, 0.2) is 0 Å². The Morgan fingerprint density at radius 3 is 2.89 bits per heavy atom. The van der Waals surface area contributed by atoms with E-state index >= 15 is 0 Å². The number of likely N-dealkylation sites (tertiary alicyclic amines) is 1. The minimum Gasteiger partial charge on any atom is -0.393 e. The summed E-state index contributed by atoms with van der Waals surface area (Å²) in [4.78, 5) is 14.0. The first kappa shape index (κ1) is 13.7. The zero-order valence-electron chi connectivity index (χ0n) is 10.1. The van der Waals surface area contributed by atoms with E-state index in [1.165, 1.54) is 18.2 Å². The van der Waals surface area contributed by atoms with E-state index in [1.54, 1.807) is 11.8 Å². The smallest absolute Gasteiger partial charge is 0.254 e. The maximum Gasteiger partial charge on any atom is 0.254 e. The molecule has 2 unspecified atom stereocenters. The van der Waals surface area contributed by atoms with Crippen LogP contribution in [0.3, 0.4) is 0 Å². The number of carbonyl (C=O) groups is 1. The molecule has 1 N–H and O–H groups in total. The maximum absolute atomic E-state index is 13.0. The van der Waals surface area contributed by atoms with E-state index in [2.05, 4.69) is 0 Å². The van der Waals surface area contributed by atoms with Crippen molar-refractivity contribution in [3.8, 4) is 0 Å². The van der Waals surface area contributed by atoms with Crippen molar-refractivity contribution in [3.05, 3.63) is 33.1 Å². The van der Waals surface area contributed by atoms with Gasteiger partial charge < -0.3 is 10.0 Å². The van der Waals surface area contributed by atoms with Crippen LogP contribution in [-0.2, 0) is 0 Å². The molecule has 98 valence electrons. The fourth-order valence-electron chi connectivity index (χ4n) is 2.20. The van der Waals surface area contributed by atoms with Crippen LogP contribution in [-0.4, -0.2) is 35.1 Å². The van der Waals surface area contributed by atoms with Crippen LogP contribution in [0.1, 0.15) is 23.7 Å². The summed E-state index contributed by atoms with van der Waals surface area (Å²) in [5.41, 5.74) is 0.531. The first-order chi connectivity index (χ1) is 8.49. The zero-order valence-corrected chi connectivity index (χ0v) is 12.2. The van der Waals surface area contributed by atoms with Crippen molar-refractivity contribution >= 4 is 28.5 Å². The highest BCUT2D eigenvalue weighted by molar-refractivity contribution is 14.1. The van der Waals surface area contributed by atoms with Crippen LogP contribution in [0.2, 0.25) is 0 Å². The van der Waals surface area contributed by atoms with Gasteiger partial charge in [-0.3, -0.25) is 4.79 Å². The van der Waals surface area contributed by atoms with Gasteiger partial charge in [0, 0.05) is 22.6 Å². The second-order valence-corrected chi connectivity index (χ2v) is 5.83. The number of amides is 1. The molecule has 1 aliphatic rings. The Labute approximate surface area is 119 Å². The third-order valence-corrected chi connectivity index (χ3v) is 4.25. The van der Waals surface area contributed by atoms with Gasteiger partial charge >= 0.3 is 0 Å². The highest BCUT2D eigenvalue weighted by atomic mass is 127. The van der Waals surface area contributed by atoms with Crippen LogP contribution in [0.15, 0.2) is 18.2 Å². The largest absolute Gasteiger partial charge is 0.393 e. The molecule has 1 saturated heterocycles. The SMILES string of the molecule is CC(O)C1CCN(C(=O)c2ccc(F)cc2I)C1. The molecular formula is C13H15FINO2. The van der Waals surface area contributed by atoms with Crippen LogP contribution in [0.4, 0.5) is 4.39 Å². The summed E-state index contributed by atoms with van der Waals surface area (Å²) >= 11 is 1.97. The number of rotatable bonds is 2. The number of aliphatic hydroxyl groups excluding tert-OH is 1. The van der Waals surface area contributed by atoms with Crippen LogP contribution in [0.5, 0.6) is 0 Å². The number of nitrogens with zero attached hydrogens (tertiary/aromatic N) is 1. The van der Waals surface area contributed by atoms with E-state index in [9.17, 15) is 14.3 Å². The highest BCUT2D eigenvalue weighted by Gasteiger charge is 2.30. The fourth-order valence-corrected chi connectivity index (χ4v) is 2.91. The van der Waals surface area contributed by atoms with Gasteiger partial charge in [-0.25, -0.2) is 4.39 Å². The van der Waals surface area contributed by atoms with E-state index in [1.807, 2.05) is 22.6 Å². The minimum atomic E-state index is -0.393. The van der Waals surface area contributed by atoms with Crippen molar-refractivity contribution in [1.82, 2.24) is 4.90 Å². The number of aliphatic hydroxyl groups is 1. The molecule has 0 bridgehead atoms. The monoisotopic (exact) mass is 363 g/mol. The molecule has 1 fully saturated rings. The first-order valence-electron chi connectivity index (χ1n) is 5.91. The van der Waals surface area contributed by atoms with Crippen molar-refractivity contribution in [3.63, 3.8) is 0 Å². The van der Waals surface area contributed by atoms with Gasteiger partial charge in [-0.2, -0.15) is 0 Å². The molecule has 5 heteroatoms. The number of carbonyl (C=O) groups excluding carboxylic acids is 1. The summed E-state index contributed by atoms with van der Waals surface area (Å²) in [6.45, 7) is 2.98. The summed E-state index contributed by atoms with van der Waals surface area (Å²) in [5.74, 6) is -0.270. The highest BCUT2D eigenvalue weighted by Crippen LogP contribution is 2.23. The predicted molar refractivity (Wildman–Crippen MR) is 74.8 cm³/mol. The summed E-state index contributed by atoms with van der Waals surface area (Å²) in [5, 5.41) is 9.52. The average molecular weight is 363 g/mol. The van der Waals surface area contributed by atoms with Crippen LogP contribution in [0, 0.1) is 15.3 Å². The Balaban J connectivity index is 2.13. The lowest BCUT2D eigenvalue weighted by molar-refractivity contribution is 0.0761. The van der Waals surface area contributed by atoms with Crippen LogP contribution < -0.4 is 0 Å². The standard InChI is InChI=1S/C13H15FINO2/c1-8(17)9-4-5-16(7-9)13(18)11-3-2-10(14)6-12(11)15/h2-3,6,8-9,17H,4-5,7H2,1H3. The maximum atomic E-state index is 13.0. The van der Waals surface area contributed by atoms with Gasteiger partial charge in [-0.05, 0) is 54.1 Å². The van der Waals surface area contributed by atoms with Crippen molar-refractivity contribution < 1.29 is 14.3 Å². The Morgan fingerprint density at radius 1 is 1.61 bits per heavy atom. The van der Waals surface area contributed by atoms with E-state index in [0.717, 1.165) is 6.42 Å². The molecule has 0 radical (unpaired) electrons. The lowest BCUT2D eigenvalue weighted by atomic mass is 10.0. The molecule has 0 spiro atoms. The molecule has 0 aliphatic carbocycles. The summed E-state index contributed by atoms with van der Waals surface area (Å²) in [6, 6.07) is 4.18. The Morgan fingerprint density at radius 2 is 2.33 bits per heavy atom. The molecule has 3 nitrogen and oxygen atoms in total. The molecule has 1 aromatic carbocycles. The fraction of sp³-hybridized carbons (Fsp3) is 0.462. The van der Waals surface area contributed by atoms with E-state index in [-0.39, 0.29) is 17.6 Å². The van der Waals surface area contributed by atoms with Crippen molar-refractivity contribution in [2.45, 2.75) is 19.4 Å². The lowest BCUT2D eigenvalue weighted by Crippen LogP contribution is -2.30. The third kappa shape index (κ3) is 2.83. The Kier molecular flexibility index (Phi) is 4.21. The molecule has 1 aliphatic heterocycles. The zero-order chi connectivity index (χ0) is 13.3. The molecule has 18 heavy (non-hydrogen) atoms. The van der Waals surface area contributed by atoms with Gasteiger partial charge in [0.1, 0.15) is 5.82 Å². The number of halogens is 2. The third-order valence-electron chi connectivity index (χ3n) is 3.36. The van der Waals surface area contributed by atoms with E-state index < -0.39 is 6.10 Å². The first-order valence-corrected chi connectivity index (χ1v) is 6.99. The summed E-state index contributed by atoms with van der Waals surface area (Å²) < 4.78 is 13.6. The predicted octanol–water partition coefficient (Wildman–Crippen LogP) is 2.27. The minimum absolute atomic E-state index is 0.0810. The van der Waals surface area contributed by atoms with E-state index in [4.69, 9.17) is 0 Å². The number of hydrogen-bond donors (Lipinski definition) is 1. The van der Waals surface area contributed by atoms with Gasteiger partial charge in [-0.1, -0.05) is 0 Å². The van der Waals surface area contributed by atoms with Gasteiger partial charge in [0.05, 0.1) is 11.7 Å². The summed E-state index contributed by atoms with van der Waals surface area (Å²) in [7, 11) is 0. The molecular weight excluding hydrogens is 348 g/mol. The van der Waals surface area contributed by atoms with Gasteiger partial charge in [-0.15, -0.1) is 0 Å². The van der Waals surface area contributed by atoms with Crippen LogP contribution in [0.25, 0.3) is 0 Å². The van der Waals surface area contributed by atoms with Gasteiger partial charge in [0.2, 0.25) is 0 Å². The second-order valence-electron chi connectivity index (χ2n) is 4.66. The molecule has 2 rings (SSSR count). The molecule has 2 atom stereocenters. The quantitative estimate of drug-likeness (QED) is 0.820. The average Bonchev–Trinajstić information content (AvgIpc) is 2.77. The van der Waals surface area contributed by atoms with Crippen molar-refractivity contribution in [2.75, 3.05) is 13.1 Å². The number of hydrogen-bond acceptors (Lipinski definition) is 2. The molecule has 1 aromatic rings. The van der Waals surface area contributed by atoms with E-state index in [0.29, 0.717) is 22.2 Å². The molecule has 1 heterocycles.